The van der Waals surface area contributed by atoms with Crippen LogP contribution in [-0.4, -0.2) is 13.0 Å². The van der Waals surface area contributed by atoms with Crippen LogP contribution in [0.4, 0.5) is 0 Å². The maximum absolute atomic E-state index is 12.1. The molecule has 0 bridgehead atoms. The van der Waals surface area contributed by atoms with Gasteiger partial charge in [0.25, 0.3) is 10.1 Å². The Morgan fingerprint density at radius 2 is 1.57 bits per heavy atom. The van der Waals surface area contributed by atoms with Gasteiger partial charge in [-0.05, 0) is 36.6 Å². The fourth-order valence-corrected chi connectivity index (χ4v) is 3.55. The quantitative estimate of drug-likeness (QED) is 0.335. The van der Waals surface area contributed by atoms with Crippen LogP contribution in [0.15, 0.2) is 47.4 Å². The molecule has 2 aromatic rings. The van der Waals surface area contributed by atoms with Crippen molar-refractivity contribution in [3.63, 3.8) is 0 Å². The van der Waals surface area contributed by atoms with E-state index >= 15 is 0 Å². The van der Waals surface area contributed by atoms with Crippen molar-refractivity contribution in [1.29, 1.82) is 0 Å². The van der Waals surface area contributed by atoms with Crippen LogP contribution in [0.2, 0.25) is 0 Å². The van der Waals surface area contributed by atoms with E-state index in [4.69, 9.17) is 4.74 Å². The van der Waals surface area contributed by atoms with Crippen LogP contribution in [0.5, 0.6) is 17.2 Å². The molecule has 148 valence electrons. The third-order valence-corrected chi connectivity index (χ3v) is 5.32. The predicted molar refractivity (Wildman–Crippen MR) is 104 cm³/mol. The molecule has 0 saturated carbocycles. The standard InChI is InChI=1S/C21H28O5S.K/c1-2-3-4-5-6-7-8-11-17-14-15-18(22)20(16-17)26-19-12-9-10-13-21(19)27(23,24)25;/h9-10,12-16,22H,2-8,11H2,1H3,(H,23,24,25);/q;+1/p-1. The first-order chi connectivity index (χ1) is 12.9. The third kappa shape index (κ3) is 8.53. The molecule has 5 nitrogen and oxygen atoms in total. The summed E-state index contributed by atoms with van der Waals surface area (Å²) in [5.74, 6) is -0.333. The second kappa shape index (κ2) is 13.0. The maximum atomic E-state index is 12.1. The molecular weight excluding hydrogens is 403 g/mol. The van der Waals surface area contributed by atoms with Gasteiger partial charge in [-0.15, -0.1) is 0 Å². The molecule has 7 heteroatoms. The van der Waals surface area contributed by atoms with Crippen LogP contribution in [0.25, 0.3) is 0 Å². The second-order valence-corrected chi connectivity index (χ2v) is 8.07. The van der Waals surface area contributed by atoms with Crippen LogP contribution in [0, 0.1) is 0 Å². The van der Waals surface area contributed by atoms with E-state index in [1.165, 1.54) is 56.4 Å². The molecule has 0 unspecified atom stereocenters. The van der Waals surface area contributed by atoms with E-state index in [1.807, 2.05) is 0 Å². The SMILES string of the molecule is CCCCCCCCCc1ccc([O-])c(Oc2ccccc2S(=O)(=O)O)c1.[K+]. The van der Waals surface area contributed by atoms with E-state index in [-0.39, 0.29) is 73.5 Å². The Bertz CT molecular complexity index is 836. The molecule has 0 spiro atoms. The molecular formula is C21H27KO5S. The number of benzene rings is 2. The first-order valence-corrected chi connectivity index (χ1v) is 10.9. The van der Waals surface area contributed by atoms with Gasteiger partial charge in [-0.25, -0.2) is 0 Å². The van der Waals surface area contributed by atoms with E-state index < -0.39 is 10.1 Å². The number of aryl methyl sites for hydroxylation is 1. The maximum Gasteiger partial charge on any atom is 1.00 e. The van der Waals surface area contributed by atoms with Crippen LogP contribution in [-0.2, 0) is 16.5 Å². The molecule has 2 rings (SSSR count). The summed E-state index contributed by atoms with van der Waals surface area (Å²) in [6.45, 7) is 2.20. The normalized spacial score (nSPS) is 11.1. The van der Waals surface area contributed by atoms with Gasteiger partial charge < -0.3 is 9.84 Å². The van der Waals surface area contributed by atoms with Gasteiger partial charge in [-0.2, -0.15) is 8.42 Å². The summed E-state index contributed by atoms with van der Waals surface area (Å²) in [5.41, 5.74) is 0.975. The van der Waals surface area contributed by atoms with Gasteiger partial charge in [0.15, 0.2) is 0 Å². The topological polar surface area (TPSA) is 86.7 Å². The number of hydrogen-bond acceptors (Lipinski definition) is 4. The Labute approximate surface area is 210 Å². The van der Waals surface area contributed by atoms with Crippen molar-refractivity contribution in [1.82, 2.24) is 0 Å². The molecule has 1 N–H and O–H groups in total. The molecule has 0 aliphatic carbocycles. The molecule has 28 heavy (non-hydrogen) atoms. The largest absolute Gasteiger partial charge is 1.00 e. The molecule has 2 aromatic carbocycles. The van der Waals surface area contributed by atoms with Crippen LogP contribution in [0.3, 0.4) is 0 Å². The summed E-state index contributed by atoms with van der Waals surface area (Å²) in [7, 11) is -4.43. The van der Waals surface area contributed by atoms with Crippen LogP contribution in [0.1, 0.15) is 57.4 Å². The van der Waals surface area contributed by atoms with Gasteiger partial charge in [0.2, 0.25) is 0 Å². The van der Waals surface area contributed by atoms with Crippen molar-refractivity contribution in [2.75, 3.05) is 0 Å². The Morgan fingerprint density at radius 1 is 0.929 bits per heavy atom. The van der Waals surface area contributed by atoms with Gasteiger partial charge in [0.05, 0.1) is 0 Å². The minimum Gasteiger partial charge on any atom is -0.870 e. The average Bonchev–Trinajstić information content (AvgIpc) is 2.63. The van der Waals surface area contributed by atoms with Crippen molar-refractivity contribution in [2.45, 2.75) is 63.2 Å². The van der Waals surface area contributed by atoms with Gasteiger partial charge in [-0.1, -0.05) is 75.5 Å². The average molecular weight is 431 g/mol. The number of ether oxygens (including phenoxy) is 1. The van der Waals surface area contributed by atoms with Gasteiger partial charge in [0, 0.05) is 0 Å². The zero-order valence-electron chi connectivity index (χ0n) is 16.7. The summed E-state index contributed by atoms with van der Waals surface area (Å²) in [5, 5.41) is 12.1. The number of para-hydroxylation sites is 1. The fourth-order valence-electron chi connectivity index (χ4n) is 2.94. The van der Waals surface area contributed by atoms with Gasteiger partial charge in [-0.3, -0.25) is 4.55 Å². The van der Waals surface area contributed by atoms with Crippen molar-refractivity contribution >= 4 is 10.1 Å². The monoisotopic (exact) mass is 430 g/mol. The first-order valence-electron chi connectivity index (χ1n) is 9.46. The number of hydrogen-bond donors (Lipinski definition) is 1. The number of rotatable bonds is 11. The van der Waals surface area contributed by atoms with Crippen LogP contribution < -0.4 is 61.2 Å². The minimum atomic E-state index is -4.43. The fraction of sp³-hybridized carbons (Fsp3) is 0.429. The molecule has 0 amide bonds. The zero-order valence-corrected chi connectivity index (χ0v) is 20.6. The first kappa shape index (κ1) is 25.6. The molecule has 0 saturated heterocycles. The molecule has 0 aliphatic rings. The van der Waals surface area contributed by atoms with Gasteiger partial charge >= 0.3 is 51.4 Å². The predicted octanol–water partition coefficient (Wildman–Crippen LogP) is 2.10. The van der Waals surface area contributed by atoms with Crippen molar-refractivity contribution in [3.05, 3.63) is 48.0 Å². The molecule has 0 atom stereocenters. The van der Waals surface area contributed by atoms with E-state index in [9.17, 15) is 18.1 Å². The molecule has 0 aromatic heterocycles. The zero-order chi connectivity index (χ0) is 19.7. The van der Waals surface area contributed by atoms with E-state index in [0.717, 1.165) is 24.8 Å². The Balaban J connectivity index is 0.00000392. The molecule has 0 fully saturated rings. The van der Waals surface area contributed by atoms with Crippen molar-refractivity contribution < 1.29 is 74.2 Å². The summed E-state index contributed by atoms with van der Waals surface area (Å²) >= 11 is 0. The van der Waals surface area contributed by atoms with Crippen molar-refractivity contribution in [2.24, 2.45) is 0 Å². The molecule has 0 radical (unpaired) electrons. The molecule has 0 heterocycles. The van der Waals surface area contributed by atoms with Crippen LogP contribution >= 0.6 is 0 Å². The van der Waals surface area contributed by atoms with E-state index in [2.05, 4.69) is 6.92 Å². The van der Waals surface area contributed by atoms with Gasteiger partial charge in [0.1, 0.15) is 16.4 Å². The second-order valence-electron chi connectivity index (χ2n) is 6.68. The Morgan fingerprint density at radius 3 is 2.25 bits per heavy atom. The van der Waals surface area contributed by atoms with Crippen molar-refractivity contribution in [3.8, 4) is 17.2 Å². The van der Waals surface area contributed by atoms with E-state index in [1.54, 1.807) is 18.2 Å². The van der Waals surface area contributed by atoms with E-state index in [0.29, 0.717) is 0 Å². The Kier molecular flexibility index (Phi) is 11.9. The summed E-state index contributed by atoms with van der Waals surface area (Å²) in [6.07, 6.45) is 9.30. The smallest absolute Gasteiger partial charge is 0.870 e. The molecule has 0 aliphatic heterocycles. The summed E-state index contributed by atoms with van der Waals surface area (Å²) in [6, 6.07) is 10.6. The summed E-state index contributed by atoms with van der Waals surface area (Å²) in [4.78, 5) is -0.359. The number of unbranched alkanes of at least 4 members (excludes halogenated alkanes) is 6. The minimum absolute atomic E-state index is 0. The Hall–Kier alpha value is -0.414. The summed E-state index contributed by atoms with van der Waals surface area (Å²) < 4.78 is 37.8. The third-order valence-electron chi connectivity index (χ3n) is 4.42.